The monoisotopic (exact) mass is 366 g/mol. The normalized spacial score (nSPS) is 12.5. The van der Waals surface area contributed by atoms with Crippen LogP contribution in [0.2, 0.25) is 0 Å². The average molecular weight is 366 g/mol. The highest BCUT2D eigenvalue weighted by molar-refractivity contribution is 5.91. The number of alkyl halides is 3. The quantitative estimate of drug-likeness (QED) is 0.801. The number of halogens is 3. The van der Waals surface area contributed by atoms with Gasteiger partial charge in [0.15, 0.2) is 0 Å². The fourth-order valence-corrected chi connectivity index (χ4v) is 2.72. The number of benzene rings is 2. The number of nitrogens with two attached hydrogens (primary N) is 1. The highest BCUT2D eigenvalue weighted by Crippen LogP contribution is 2.32. The number of nitrogens with one attached hydrogen (secondary N) is 1. The second-order valence-corrected chi connectivity index (χ2v) is 6.02. The van der Waals surface area contributed by atoms with Crippen molar-refractivity contribution in [2.45, 2.75) is 32.0 Å². The highest BCUT2D eigenvalue weighted by Gasteiger charge is 2.31. The standard InChI is InChI=1S/C19H21F3N2O2/c1-12(16-5-3-4-6-17(16)26-2)7-18(25)24-15-9-13(11-23)8-14(10-15)19(20,21)22/h3-6,8-10,12H,7,11,23H2,1-2H3,(H,24,25). The van der Waals surface area contributed by atoms with E-state index in [4.69, 9.17) is 10.5 Å². The van der Waals surface area contributed by atoms with Crippen molar-refractivity contribution in [3.63, 3.8) is 0 Å². The van der Waals surface area contributed by atoms with Gasteiger partial charge in [-0.25, -0.2) is 0 Å². The first-order valence-electron chi connectivity index (χ1n) is 8.08. The molecule has 4 nitrogen and oxygen atoms in total. The molecule has 0 radical (unpaired) electrons. The minimum absolute atomic E-state index is 0.0512. The van der Waals surface area contributed by atoms with Crippen molar-refractivity contribution >= 4 is 11.6 Å². The van der Waals surface area contributed by atoms with Gasteiger partial charge in [0.05, 0.1) is 12.7 Å². The maximum Gasteiger partial charge on any atom is 0.416 e. The molecule has 0 heterocycles. The summed E-state index contributed by atoms with van der Waals surface area (Å²) in [5.41, 5.74) is 5.86. The highest BCUT2D eigenvalue weighted by atomic mass is 19.4. The van der Waals surface area contributed by atoms with Crippen LogP contribution < -0.4 is 15.8 Å². The molecule has 0 bridgehead atoms. The van der Waals surface area contributed by atoms with E-state index in [2.05, 4.69) is 5.32 Å². The van der Waals surface area contributed by atoms with E-state index in [1.54, 1.807) is 13.2 Å². The molecule has 7 heteroatoms. The van der Waals surface area contributed by atoms with Crippen LogP contribution in [-0.2, 0) is 17.5 Å². The largest absolute Gasteiger partial charge is 0.496 e. The first-order chi connectivity index (χ1) is 12.2. The van der Waals surface area contributed by atoms with Gasteiger partial charge < -0.3 is 15.8 Å². The molecule has 1 atom stereocenters. The number of methoxy groups -OCH3 is 1. The Morgan fingerprint density at radius 3 is 2.54 bits per heavy atom. The Hall–Kier alpha value is -2.54. The maximum absolute atomic E-state index is 13.0. The molecular formula is C19H21F3N2O2. The van der Waals surface area contributed by atoms with Crippen LogP contribution >= 0.6 is 0 Å². The van der Waals surface area contributed by atoms with E-state index in [0.29, 0.717) is 11.3 Å². The van der Waals surface area contributed by atoms with Gasteiger partial charge in [-0.1, -0.05) is 25.1 Å². The van der Waals surface area contributed by atoms with Gasteiger partial charge in [0, 0.05) is 18.7 Å². The van der Waals surface area contributed by atoms with E-state index in [9.17, 15) is 18.0 Å². The molecule has 2 rings (SSSR count). The first-order valence-corrected chi connectivity index (χ1v) is 8.08. The number of hydrogen-bond acceptors (Lipinski definition) is 3. The molecule has 26 heavy (non-hydrogen) atoms. The third kappa shape index (κ3) is 4.98. The van der Waals surface area contributed by atoms with Crippen LogP contribution in [0.5, 0.6) is 5.75 Å². The summed E-state index contributed by atoms with van der Waals surface area (Å²) in [5.74, 6) is 0.119. The van der Waals surface area contributed by atoms with Crippen molar-refractivity contribution in [2.24, 2.45) is 5.73 Å². The minimum atomic E-state index is -4.50. The van der Waals surface area contributed by atoms with E-state index in [1.165, 1.54) is 6.07 Å². The SMILES string of the molecule is COc1ccccc1C(C)CC(=O)Nc1cc(CN)cc(C(F)(F)F)c1. The summed E-state index contributed by atoms with van der Waals surface area (Å²) < 4.78 is 44.2. The van der Waals surface area contributed by atoms with Crippen LogP contribution in [-0.4, -0.2) is 13.0 Å². The molecular weight excluding hydrogens is 345 g/mol. The van der Waals surface area contributed by atoms with E-state index in [1.807, 2.05) is 25.1 Å². The average Bonchev–Trinajstić information content (AvgIpc) is 2.60. The smallest absolute Gasteiger partial charge is 0.416 e. The third-order valence-electron chi connectivity index (χ3n) is 4.00. The Morgan fingerprint density at radius 1 is 1.23 bits per heavy atom. The molecule has 140 valence electrons. The van der Waals surface area contributed by atoms with Crippen molar-refractivity contribution in [2.75, 3.05) is 12.4 Å². The Morgan fingerprint density at radius 2 is 1.92 bits per heavy atom. The number of rotatable bonds is 6. The minimum Gasteiger partial charge on any atom is -0.496 e. The van der Waals surface area contributed by atoms with Crippen LogP contribution in [0, 0.1) is 0 Å². The van der Waals surface area contributed by atoms with Gasteiger partial charge in [-0.3, -0.25) is 4.79 Å². The van der Waals surface area contributed by atoms with Gasteiger partial charge in [0.25, 0.3) is 0 Å². The van der Waals surface area contributed by atoms with Gasteiger partial charge in [-0.2, -0.15) is 13.2 Å². The molecule has 1 unspecified atom stereocenters. The van der Waals surface area contributed by atoms with Gasteiger partial charge >= 0.3 is 6.18 Å². The van der Waals surface area contributed by atoms with Crippen LogP contribution in [0.25, 0.3) is 0 Å². The van der Waals surface area contributed by atoms with E-state index in [0.717, 1.165) is 17.7 Å². The molecule has 0 aliphatic heterocycles. The summed E-state index contributed by atoms with van der Waals surface area (Å²) in [6.07, 6.45) is -4.40. The number of carbonyl (C=O) groups excluding carboxylic acids is 1. The van der Waals surface area contributed by atoms with Gasteiger partial charge in [0.1, 0.15) is 5.75 Å². The molecule has 0 saturated carbocycles. The van der Waals surface area contributed by atoms with Crippen LogP contribution in [0.3, 0.4) is 0 Å². The summed E-state index contributed by atoms with van der Waals surface area (Å²) in [6.45, 7) is 1.80. The second kappa shape index (κ2) is 8.23. The topological polar surface area (TPSA) is 64.3 Å². The number of carbonyl (C=O) groups is 1. The summed E-state index contributed by atoms with van der Waals surface area (Å²) >= 11 is 0. The summed E-state index contributed by atoms with van der Waals surface area (Å²) in [6, 6.07) is 10.6. The number of anilines is 1. The zero-order valence-electron chi connectivity index (χ0n) is 14.6. The Bertz CT molecular complexity index is 776. The molecule has 0 spiro atoms. The van der Waals surface area contributed by atoms with Crippen molar-refractivity contribution in [1.29, 1.82) is 0 Å². The molecule has 0 aliphatic carbocycles. The van der Waals surface area contributed by atoms with Crippen molar-refractivity contribution in [1.82, 2.24) is 0 Å². The van der Waals surface area contributed by atoms with Gasteiger partial charge in [-0.05, 0) is 41.3 Å². The molecule has 0 fully saturated rings. The van der Waals surface area contributed by atoms with E-state index < -0.39 is 11.7 Å². The second-order valence-electron chi connectivity index (χ2n) is 6.02. The maximum atomic E-state index is 13.0. The lowest BCUT2D eigenvalue weighted by Gasteiger charge is -2.16. The number of amides is 1. The Balaban J connectivity index is 2.14. The molecule has 2 aromatic carbocycles. The summed E-state index contributed by atoms with van der Waals surface area (Å²) in [5, 5.41) is 2.53. The third-order valence-corrected chi connectivity index (χ3v) is 4.00. The molecule has 0 aromatic heterocycles. The van der Waals surface area contributed by atoms with E-state index >= 15 is 0 Å². The lowest BCUT2D eigenvalue weighted by Crippen LogP contribution is -2.16. The predicted octanol–water partition coefficient (Wildman–Crippen LogP) is 4.31. The molecule has 3 N–H and O–H groups in total. The van der Waals surface area contributed by atoms with Crippen molar-refractivity contribution in [3.8, 4) is 5.75 Å². The van der Waals surface area contributed by atoms with Gasteiger partial charge in [-0.15, -0.1) is 0 Å². The lowest BCUT2D eigenvalue weighted by atomic mass is 9.96. The fourth-order valence-electron chi connectivity index (χ4n) is 2.72. The Kier molecular flexibility index (Phi) is 6.26. The Labute approximate surface area is 150 Å². The summed E-state index contributed by atoms with van der Waals surface area (Å²) in [7, 11) is 1.54. The number of para-hydroxylation sites is 1. The van der Waals surface area contributed by atoms with Crippen LogP contribution in [0.15, 0.2) is 42.5 Å². The first kappa shape index (κ1) is 19.8. The van der Waals surface area contributed by atoms with Crippen molar-refractivity contribution in [3.05, 3.63) is 59.2 Å². The molecule has 2 aromatic rings. The van der Waals surface area contributed by atoms with E-state index in [-0.39, 0.29) is 30.5 Å². The predicted molar refractivity (Wildman–Crippen MR) is 94.0 cm³/mol. The summed E-state index contributed by atoms with van der Waals surface area (Å²) in [4.78, 5) is 12.3. The number of ether oxygens (including phenoxy) is 1. The zero-order valence-corrected chi connectivity index (χ0v) is 14.6. The molecule has 1 amide bonds. The van der Waals surface area contributed by atoms with Gasteiger partial charge in [0.2, 0.25) is 5.91 Å². The number of hydrogen-bond donors (Lipinski definition) is 2. The van der Waals surface area contributed by atoms with Crippen molar-refractivity contribution < 1.29 is 22.7 Å². The zero-order chi connectivity index (χ0) is 19.3. The molecule has 0 aliphatic rings. The van der Waals surface area contributed by atoms with Crippen LogP contribution in [0.1, 0.15) is 36.0 Å². The lowest BCUT2D eigenvalue weighted by molar-refractivity contribution is -0.137. The van der Waals surface area contributed by atoms with Crippen LogP contribution in [0.4, 0.5) is 18.9 Å². The molecule has 0 saturated heterocycles. The fraction of sp³-hybridized carbons (Fsp3) is 0.316.